The van der Waals surface area contributed by atoms with E-state index in [1.54, 1.807) is 17.0 Å². The summed E-state index contributed by atoms with van der Waals surface area (Å²) in [4.78, 5) is 20.6. The van der Waals surface area contributed by atoms with Crippen LogP contribution in [-0.2, 0) is 0 Å². The maximum absolute atomic E-state index is 12.3. The summed E-state index contributed by atoms with van der Waals surface area (Å²) in [5.74, 6) is -0.0804. The number of nitrogens with zero attached hydrogens (tertiary/aromatic N) is 3. The quantitative estimate of drug-likeness (QED) is 0.726. The molecule has 108 valence electrons. The smallest absolute Gasteiger partial charge is 0.272 e. The van der Waals surface area contributed by atoms with Crippen molar-refractivity contribution in [2.75, 3.05) is 39.3 Å². The number of aliphatic hydroxyl groups is 1. The lowest BCUT2D eigenvalue weighted by molar-refractivity contribution is 0.0609. The van der Waals surface area contributed by atoms with Gasteiger partial charge in [-0.1, -0.05) is 12.2 Å². The summed E-state index contributed by atoms with van der Waals surface area (Å²) in [5, 5.41) is 8.89. The SMILES string of the molecule is NC(=S)c1ccc(C(=O)N2CCN(CCO)CC2)nc1. The standard InChI is InChI=1S/C13H18N4O2S/c14-12(20)10-1-2-11(15-9-10)13(19)17-5-3-16(4-6-17)7-8-18/h1-2,9,18H,3-8H2,(H2,14,20). The van der Waals surface area contributed by atoms with Crippen LogP contribution in [0, 0.1) is 0 Å². The number of β-amino-alcohol motifs (C(OH)–C–C–N with tert-alkyl or cyclic N) is 1. The molecule has 0 aliphatic carbocycles. The predicted molar refractivity (Wildman–Crippen MR) is 79.6 cm³/mol. The van der Waals surface area contributed by atoms with Crippen molar-refractivity contribution in [3.63, 3.8) is 0 Å². The Hall–Kier alpha value is -1.57. The van der Waals surface area contributed by atoms with Crippen LogP contribution in [0.15, 0.2) is 18.3 Å². The Morgan fingerprint density at radius 3 is 2.55 bits per heavy atom. The molecule has 2 rings (SSSR count). The number of pyridine rings is 1. The van der Waals surface area contributed by atoms with Gasteiger partial charge in [-0.05, 0) is 12.1 Å². The third kappa shape index (κ3) is 3.50. The molecule has 1 aromatic rings. The normalized spacial score (nSPS) is 16.1. The molecule has 0 atom stereocenters. The van der Waals surface area contributed by atoms with Gasteiger partial charge in [0.25, 0.3) is 5.91 Å². The molecule has 3 N–H and O–H groups in total. The van der Waals surface area contributed by atoms with E-state index in [0.29, 0.717) is 30.9 Å². The van der Waals surface area contributed by atoms with Gasteiger partial charge in [0.2, 0.25) is 0 Å². The molecule has 2 heterocycles. The second-order valence-corrected chi connectivity index (χ2v) is 5.09. The highest BCUT2D eigenvalue weighted by Crippen LogP contribution is 2.08. The van der Waals surface area contributed by atoms with Gasteiger partial charge < -0.3 is 15.7 Å². The molecule has 1 fully saturated rings. The molecule has 7 heteroatoms. The number of piperazine rings is 1. The summed E-state index contributed by atoms with van der Waals surface area (Å²) in [6.07, 6.45) is 1.53. The van der Waals surface area contributed by atoms with Gasteiger partial charge >= 0.3 is 0 Å². The zero-order valence-corrected chi connectivity index (χ0v) is 12.0. The van der Waals surface area contributed by atoms with Gasteiger partial charge in [0.05, 0.1) is 6.61 Å². The van der Waals surface area contributed by atoms with Crippen molar-refractivity contribution in [3.05, 3.63) is 29.6 Å². The Morgan fingerprint density at radius 2 is 2.05 bits per heavy atom. The second-order valence-electron chi connectivity index (χ2n) is 4.65. The molecular weight excluding hydrogens is 276 g/mol. The number of rotatable bonds is 4. The fraction of sp³-hybridized carbons (Fsp3) is 0.462. The van der Waals surface area contributed by atoms with E-state index < -0.39 is 0 Å². The van der Waals surface area contributed by atoms with Crippen LogP contribution in [0.4, 0.5) is 0 Å². The van der Waals surface area contributed by atoms with Crippen LogP contribution in [0.3, 0.4) is 0 Å². The third-order valence-corrected chi connectivity index (χ3v) is 3.58. The number of hydrogen-bond acceptors (Lipinski definition) is 5. The van der Waals surface area contributed by atoms with E-state index in [4.69, 9.17) is 23.1 Å². The van der Waals surface area contributed by atoms with Crippen LogP contribution >= 0.6 is 12.2 Å². The molecule has 1 aliphatic heterocycles. The summed E-state index contributed by atoms with van der Waals surface area (Å²) in [6.45, 7) is 3.66. The van der Waals surface area contributed by atoms with Crippen molar-refractivity contribution < 1.29 is 9.90 Å². The van der Waals surface area contributed by atoms with E-state index in [2.05, 4.69) is 9.88 Å². The van der Waals surface area contributed by atoms with Crippen molar-refractivity contribution in [1.82, 2.24) is 14.8 Å². The van der Waals surface area contributed by atoms with E-state index in [0.717, 1.165) is 13.1 Å². The molecule has 0 saturated carbocycles. The molecule has 20 heavy (non-hydrogen) atoms. The average molecular weight is 294 g/mol. The van der Waals surface area contributed by atoms with Crippen LogP contribution in [0.5, 0.6) is 0 Å². The molecule has 0 radical (unpaired) electrons. The van der Waals surface area contributed by atoms with E-state index in [1.807, 2.05) is 0 Å². The zero-order valence-electron chi connectivity index (χ0n) is 11.2. The Balaban J connectivity index is 1.96. The minimum absolute atomic E-state index is 0.0804. The number of thiocarbonyl (C=S) groups is 1. The molecule has 1 aliphatic rings. The number of hydrogen-bond donors (Lipinski definition) is 2. The lowest BCUT2D eigenvalue weighted by Crippen LogP contribution is -2.49. The molecule has 1 amide bonds. The van der Waals surface area contributed by atoms with Crippen LogP contribution in [0.2, 0.25) is 0 Å². The third-order valence-electron chi connectivity index (χ3n) is 3.34. The minimum Gasteiger partial charge on any atom is -0.395 e. The van der Waals surface area contributed by atoms with Crippen molar-refractivity contribution in [3.8, 4) is 0 Å². The number of carbonyl (C=O) groups is 1. The van der Waals surface area contributed by atoms with Crippen molar-refractivity contribution in [2.45, 2.75) is 0 Å². The summed E-state index contributed by atoms with van der Waals surface area (Å²) in [7, 11) is 0. The van der Waals surface area contributed by atoms with Crippen molar-refractivity contribution in [1.29, 1.82) is 0 Å². The Kier molecular flexibility index (Phi) is 4.99. The molecule has 0 unspecified atom stereocenters. The van der Waals surface area contributed by atoms with E-state index in [-0.39, 0.29) is 17.5 Å². The molecular formula is C13H18N4O2S. The largest absolute Gasteiger partial charge is 0.395 e. The van der Waals surface area contributed by atoms with Crippen LogP contribution in [-0.4, -0.2) is 70.1 Å². The first-order valence-corrected chi connectivity index (χ1v) is 6.91. The fourth-order valence-corrected chi connectivity index (χ4v) is 2.26. The Labute approximate surface area is 123 Å². The average Bonchev–Trinajstić information content (AvgIpc) is 2.48. The molecule has 1 aromatic heterocycles. The highest BCUT2D eigenvalue weighted by molar-refractivity contribution is 7.80. The van der Waals surface area contributed by atoms with Gasteiger partial charge in [0, 0.05) is 44.5 Å². The number of aromatic nitrogens is 1. The number of carbonyl (C=O) groups excluding carboxylic acids is 1. The fourth-order valence-electron chi connectivity index (χ4n) is 2.14. The van der Waals surface area contributed by atoms with Gasteiger partial charge in [-0.3, -0.25) is 14.7 Å². The lowest BCUT2D eigenvalue weighted by atomic mass is 10.2. The van der Waals surface area contributed by atoms with Crippen LogP contribution in [0.1, 0.15) is 16.1 Å². The second kappa shape index (κ2) is 6.74. The first-order chi connectivity index (χ1) is 9.61. The summed E-state index contributed by atoms with van der Waals surface area (Å²) in [5.41, 5.74) is 6.56. The van der Waals surface area contributed by atoms with Gasteiger partial charge in [0.15, 0.2) is 0 Å². The zero-order chi connectivity index (χ0) is 14.5. The number of amides is 1. The molecule has 1 saturated heterocycles. The van der Waals surface area contributed by atoms with Crippen LogP contribution < -0.4 is 5.73 Å². The summed E-state index contributed by atoms with van der Waals surface area (Å²) >= 11 is 4.85. The molecule has 0 spiro atoms. The van der Waals surface area contributed by atoms with E-state index in [9.17, 15) is 4.79 Å². The molecule has 0 aromatic carbocycles. The summed E-state index contributed by atoms with van der Waals surface area (Å²) in [6, 6.07) is 3.36. The first kappa shape index (κ1) is 14.8. The van der Waals surface area contributed by atoms with Gasteiger partial charge in [-0.15, -0.1) is 0 Å². The Morgan fingerprint density at radius 1 is 1.35 bits per heavy atom. The van der Waals surface area contributed by atoms with Gasteiger partial charge in [-0.25, -0.2) is 0 Å². The van der Waals surface area contributed by atoms with Crippen LogP contribution in [0.25, 0.3) is 0 Å². The van der Waals surface area contributed by atoms with Gasteiger partial charge in [0.1, 0.15) is 10.7 Å². The lowest BCUT2D eigenvalue weighted by Gasteiger charge is -2.34. The first-order valence-electron chi connectivity index (χ1n) is 6.50. The number of nitrogens with two attached hydrogens (primary N) is 1. The highest BCUT2D eigenvalue weighted by Gasteiger charge is 2.22. The Bertz CT molecular complexity index is 484. The molecule has 6 nitrogen and oxygen atoms in total. The maximum atomic E-state index is 12.3. The minimum atomic E-state index is -0.0804. The predicted octanol–water partition coefficient (Wildman–Crippen LogP) is -0.534. The van der Waals surface area contributed by atoms with E-state index in [1.165, 1.54) is 6.20 Å². The number of aliphatic hydroxyl groups excluding tert-OH is 1. The maximum Gasteiger partial charge on any atom is 0.272 e. The van der Waals surface area contributed by atoms with E-state index >= 15 is 0 Å². The van der Waals surface area contributed by atoms with Crippen molar-refractivity contribution in [2.24, 2.45) is 5.73 Å². The van der Waals surface area contributed by atoms with Gasteiger partial charge in [-0.2, -0.15) is 0 Å². The van der Waals surface area contributed by atoms with Crippen molar-refractivity contribution >= 4 is 23.1 Å². The topological polar surface area (TPSA) is 82.7 Å². The molecule has 0 bridgehead atoms. The summed E-state index contributed by atoms with van der Waals surface area (Å²) < 4.78 is 0. The highest BCUT2D eigenvalue weighted by atomic mass is 32.1. The monoisotopic (exact) mass is 294 g/mol.